The molecule has 7 nitrogen and oxygen atoms in total. The second-order valence-electron chi connectivity index (χ2n) is 8.20. The van der Waals surface area contributed by atoms with Gasteiger partial charge < -0.3 is 15.8 Å². The molecule has 0 unspecified atom stereocenters. The van der Waals surface area contributed by atoms with Gasteiger partial charge in [-0.3, -0.25) is 4.98 Å². The van der Waals surface area contributed by atoms with E-state index in [0.29, 0.717) is 18.5 Å². The molecule has 2 rings (SSSR count). The van der Waals surface area contributed by atoms with Crippen molar-refractivity contribution in [2.45, 2.75) is 63.3 Å². The molecule has 1 fully saturated rings. The maximum atomic E-state index is 12.4. The molecule has 0 spiro atoms. The smallest absolute Gasteiger partial charge is 0.407 e. The average molecular weight is 384 g/mol. The predicted molar refractivity (Wildman–Crippen MR) is 102 cm³/mol. The van der Waals surface area contributed by atoms with E-state index >= 15 is 0 Å². The molecule has 1 aromatic heterocycles. The molecule has 0 aromatic carbocycles. The van der Waals surface area contributed by atoms with Crippen LogP contribution in [0.1, 0.15) is 52.0 Å². The topological polar surface area (TPSA) is 111 Å². The van der Waals surface area contributed by atoms with Gasteiger partial charge in [-0.25, -0.2) is 13.2 Å². The molecular weight excluding hydrogens is 354 g/mol. The van der Waals surface area contributed by atoms with Crippen LogP contribution in [0, 0.1) is 5.92 Å². The molecule has 1 aromatic rings. The van der Waals surface area contributed by atoms with E-state index in [-0.39, 0.29) is 11.8 Å². The Morgan fingerprint density at radius 2 is 2.00 bits per heavy atom. The highest BCUT2D eigenvalue weighted by molar-refractivity contribution is 7.91. The molecule has 146 valence electrons. The summed E-state index contributed by atoms with van der Waals surface area (Å²) in [6.07, 6.45) is 5.05. The van der Waals surface area contributed by atoms with Crippen molar-refractivity contribution < 1.29 is 17.9 Å². The van der Waals surface area contributed by atoms with E-state index in [0.717, 1.165) is 5.56 Å². The van der Waals surface area contributed by atoms with Crippen LogP contribution in [0.3, 0.4) is 0 Å². The lowest BCUT2D eigenvalue weighted by Crippen LogP contribution is -2.53. The van der Waals surface area contributed by atoms with Gasteiger partial charge in [-0.2, -0.15) is 0 Å². The zero-order chi connectivity index (χ0) is 19.7. The Balaban J connectivity index is 2.29. The van der Waals surface area contributed by atoms with E-state index < -0.39 is 32.8 Å². The van der Waals surface area contributed by atoms with Crippen molar-refractivity contribution in [1.29, 1.82) is 0 Å². The van der Waals surface area contributed by atoms with Gasteiger partial charge in [0.2, 0.25) is 0 Å². The first-order valence-corrected chi connectivity index (χ1v) is 10.7. The Bertz CT molecular complexity index is 758. The van der Waals surface area contributed by atoms with Crippen molar-refractivity contribution in [3.05, 3.63) is 24.0 Å². The zero-order valence-corrected chi connectivity index (χ0v) is 16.8. The maximum Gasteiger partial charge on any atom is 0.407 e. The van der Waals surface area contributed by atoms with E-state index in [1.54, 1.807) is 33.2 Å². The summed E-state index contributed by atoms with van der Waals surface area (Å²) >= 11 is 0. The number of sulfone groups is 1. The quantitative estimate of drug-likeness (QED) is 0.829. The van der Waals surface area contributed by atoms with Gasteiger partial charge >= 0.3 is 6.09 Å². The number of hydrogen-bond donors (Lipinski definition) is 2. The predicted octanol–water partition coefficient (Wildman–Crippen LogP) is 2.48. The Kier molecular flexibility index (Phi) is 5.85. The fraction of sp³-hybridized carbons (Fsp3) is 0.667. The van der Waals surface area contributed by atoms with Crippen LogP contribution in [-0.4, -0.2) is 42.6 Å². The fourth-order valence-corrected chi connectivity index (χ4v) is 5.61. The molecule has 1 amide bonds. The second-order valence-corrected chi connectivity index (χ2v) is 10.4. The van der Waals surface area contributed by atoms with E-state index in [1.807, 2.05) is 13.0 Å². The summed E-state index contributed by atoms with van der Waals surface area (Å²) in [6.45, 7) is 7.21. The summed E-state index contributed by atoms with van der Waals surface area (Å²) in [5, 5.41) is 2.13. The first-order valence-electron chi connectivity index (χ1n) is 8.76. The average Bonchev–Trinajstić information content (AvgIpc) is 2.43. The van der Waals surface area contributed by atoms with Gasteiger partial charge in [0.25, 0.3) is 0 Å². The van der Waals surface area contributed by atoms with Gasteiger partial charge in [0.05, 0.1) is 17.1 Å². The number of aromatic nitrogens is 1. The highest BCUT2D eigenvalue weighted by Crippen LogP contribution is 2.40. The summed E-state index contributed by atoms with van der Waals surface area (Å²) in [5.41, 5.74) is 6.92. The highest BCUT2D eigenvalue weighted by atomic mass is 32.2. The number of pyridine rings is 1. The Labute approximate surface area is 155 Å². The number of nitrogens with one attached hydrogen (secondary N) is 1. The van der Waals surface area contributed by atoms with Crippen molar-refractivity contribution in [3.8, 4) is 0 Å². The lowest BCUT2D eigenvalue weighted by Gasteiger charge is -2.40. The third kappa shape index (κ3) is 5.09. The molecule has 0 saturated heterocycles. The molecule has 1 saturated carbocycles. The summed E-state index contributed by atoms with van der Waals surface area (Å²) in [5.74, 6) is -0.0813. The molecule has 4 atom stereocenters. The molecule has 8 heteroatoms. The third-order valence-electron chi connectivity index (χ3n) is 4.68. The summed E-state index contributed by atoms with van der Waals surface area (Å²) in [6, 6.07) is 1.32. The van der Waals surface area contributed by atoms with Crippen molar-refractivity contribution in [2.75, 3.05) is 12.0 Å². The van der Waals surface area contributed by atoms with Crippen LogP contribution in [0.15, 0.2) is 18.5 Å². The number of amides is 1. The maximum absolute atomic E-state index is 12.4. The molecule has 1 heterocycles. The molecule has 1 aliphatic carbocycles. The van der Waals surface area contributed by atoms with Crippen LogP contribution in [0.5, 0.6) is 0 Å². The van der Waals surface area contributed by atoms with Crippen LogP contribution >= 0.6 is 0 Å². The summed E-state index contributed by atoms with van der Waals surface area (Å²) in [7, 11) is -3.34. The van der Waals surface area contributed by atoms with Gasteiger partial charge in [0, 0.05) is 18.5 Å². The Morgan fingerprint density at radius 3 is 2.54 bits per heavy atom. The largest absolute Gasteiger partial charge is 0.444 e. The monoisotopic (exact) mass is 383 g/mol. The minimum Gasteiger partial charge on any atom is -0.444 e. The highest BCUT2D eigenvalue weighted by Gasteiger charge is 2.43. The Morgan fingerprint density at radius 1 is 1.35 bits per heavy atom. The van der Waals surface area contributed by atoms with Crippen LogP contribution in [-0.2, 0) is 14.6 Å². The molecule has 0 bridgehead atoms. The lowest BCUT2D eigenvalue weighted by atomic mass is 9.75. The van der Waals surface area contributed by atoms with Crippen LogP contribution in [0.2, 0.25) is 0 Å². The molecule has 3 N–H and O–H groups in total. The number of nitrogen functional groups attached to an aromatic ring is 1. The van der Waals surface area contributed by atoms with Crippen molar-refractivity contribution in [2.24, 2.45) is 5.92 Å². The number of anilines is 1. The Hall–Kier alpha value is -1.83. The summed E-state index contributed by atoms with van der Waals surface area (Å²) < 4.78 is 30.0. The number of carbonyl (C=O) groups is 1. The van der Waals surface area contributed by atoms with Gasteiger partial charge in [-0.05, 0) is 57.1 Å². The van der Waals surface area contributed by atoms with Crippen LogP contribution in [0.25, 0.3) is 0 Å². The molecule has 1 aliphatic rings. The van der Waals surface area contributed by atoms with E-state index in [4.69, 9.17) is 10.5 Å². The number of hydrogen-bond acceptors (Lipinski definition) is 6. The van der Waals surface area contributed by atoms with E-state index in [9.17, 15) is 13.2 Å². The number of nitrogens with two attached hydrogens (primary N) is 1. The van der Waals surface area contributed by atoms with Gasteiger partial charge in [-0.15, -0.1) is 0 Å². The number of rotatable bonds is 3. The fourth-order valence-electron chi connectivity index (χ4n) is 3.88. The third-order valence-corrected chi connectivity index (χ3v) is 6.46. The second kappa shape index (κ2) is 7.42. The number of nitrogens with zero attached hydrogens (tertiary/aromatic N) is 1. The molecular formula is C18H29N3O4S. The summed E-state index contributed by atoms with van der Waals surface area (Å²) in [4.78, 5) is 16.3. The first-order chi connectivity index (χ1) is 11.9. The molecule has 0 radical (unpaired) electrons. The van der Waals surface area contributed by atoms with E-state index in [2.05, 4.69) is 10.3 Å². The van der Waals surface area contributed by atoms with Crippen molar-refractivity contribution in [3.63, 3.8) is 0 Å². The standard InChI is InChI=1S/C18H29N3O4S/c1-11-8-12(13-6-7-20-10-14(13)19)9-15(16(11)26(5,23)24)21-17(22)25-18(2,3)4/h6-7,10-12,15-16H,8-9,19H2,1-5H3,(H,21,22)/t11-,12+,15+,16-/m0/s1. The van der Waals surface area contributed by atoms with Gasteiger partial charge in [0.1, 0.15) is 5.60 Å². The van der Waals surface area contributed by atoms with Crippen LogP contribution < -0.4 is 11.1 Å². The minimum absolute atomic E-state index is 0.0472. The number of alkyl carbamates (subject to hydrolysis) is 1. The van der Waals surface area contributed by atoms with Crippen LogP contribution in [0.4, 0.5) is 10.5 Å². The number of carbonyl (C=O) groups excluding carboxylic acids is 1. The van der Waals surface area contributed by atoms with Crippen molar-refractivity contribution in [1.82, 2.24) is 10.3 Å². The first kappa shape index (κ1) is 20.5. The minimum atomic E-state index is -3.34. The number of ether oxygens (including phenoxy) is 1. The molecule has 26 heavy (non-hydrogen) atoms. The van der Waals surface area contributed by atoms with Gasteiger partial charge in [0.15, 0.2) is 9.84 Å². The SMILES string of the molecule is C[C@H]1C[C@@H](c2ccncc2N)C[C@@H](NC(=O)OC(C)(C)C)[C@H]1S(C)(=O)=O. The van der Waals surface area contributed by atoms with E-state index in [1.165, 1.54) is 6.26 Å². The molecule has 0 aliphatic heterocycles. The van der Waals surface area contributed by atoms with Gasteiger partial charge in [-0.1, -0.05) is 6.92 Å². The van der Waals surface area contributed by atoms with Crippen molar-refractivity contribution >= 4 is 21.6 Å². The normalized spacial score (nSPS) is 27.0. The lowest BCUT2D eigenvalue weighted by molar-refractivity contribution is 0.0484. The zero-order valence-electron chi connectivity index (χ0n) is 16.0.